The zero-order valence-electron chi connectivity index (χ0n) is 8.74. The predicted octanol–water partition coefficient (Wildman–Crippen LogP) is 1.59. The van der Waals surface area contributed by atoms with Crippen molar-refractivity contribution in [1.82, 2.24) is 4.98 Å². The van der Waals surface area contributed by atoms with Crippen LogP contribution < -0.4 is 4.72 Å². The van der Waals surface area contributed by atoms with Gasteiger partial charge in [-0.3, -0.25) is 9.71 Å². The van der Waals surface area contributed by atoms with Crippen molar-refractivity contribution in [2.45, 2.75) is 4.90 Å². The number of aromatic hydroxyl groups is 1. The molecule has 0 unspecified atom stereocenters. The second-order valence-corrected chi connectivity index (χ2v) is 4.97. The zero-order chi connectivity index (χ0) is 12.3. The standard InChI is InChI=1S/C11H10N2O3S/c14-10-5-1-2-6-11(10)17(15,16)13-9-4-3-7-12-8-9/h1-8,13-14H. The molecule has 0 aliphatic heterocycles. The fraction of sp³-hybridized carbons (Fsp3) is 0. The van der Waals surface area contributed by atoms with Crippen LogP contribution in [0.15, 0.2) is 53.7 Å². The molecule has 88 valence electrons. The first kappa shape index (κ1) is 11.4. The second kappa shape index (κ2) is 4.42. The lowest BCUT2D eigenvalue weighted by Gasteiger charge is -2.08. The van der Waals surface area contributed by atoms with E-state index in [9.17, 15) is 13.5 Å². The molecule has 17 heavy (non-hydrogen) atoms. The Morgan fingerprint density at radius 2 is 1.88 bits per heavy atom. The molecular weight excluding hydrogens is 240 g/mol. The number of nitrogens with one attached hydrogen (secondary N) is 1. The second-order valence-electron chi connectivity index (χ2n) is 3.31. The third kappa shape index (κ3) is 2.54. The van der Waals surface area contributed by atoms with Gasteiger partial charge in [0.25, 0.3) is 10.0 Å². The molecule has 1 heterocycles. The molecular formula is C11H10N2O3S. The Balaban J connectivity index is 2.36. The molecule has 5 nitrogen and oxygen atoms in total. The number of phenolic OH excluding ortho intramolecular Hbond substituents is 1. The van der Waals surface area contributed by atoms with E-state index >= 15 is 0 Å². The average molecular weight is 250 g/mol. The lowest BCUT2D eigenvalue weighted by Crippen LogP contribution is -2.13. The van der Waals surface area contributed by atoms with Gasteiger partial charge in [-0.05, 0) is 24.3 Å². The van der Waals surface area contributed by atoms with Crippen LogP contribution in [-0.2, 0) is 10.0 Å². The Bertz CT molecular complexity index is 612. The molecule has 1 aromatic carbocycles. The van der Waals surface area contributed by atoms with E-state index in [1.54, 1.807) is 18.2 Å². The van der Waals surface area contributed by atoms with Crippen molar-refractivity contribution in [3.05, 3.63) is 48.8 Å². The fourth-order valence-electron chi connectivity index (χ4n) is 1.32. The van der Waals surface area contributed by atoms with Crippen molar-refractivity contribution in [3.63, 3.8) is 0 Å². The Morgan fingerprint density at radius 1 is 1.12 bits per heavy atom. The number of nitrogens with zero attached hydrogens (tertiary/aromatic N) is 1. The van der Waals surface area contributed by atoms with E-state index in [4.69, 9.17) is 0 Å². The minimum absolute atomic E-state index is 0.163. The maximum absolute atomic E-state index is 11.9. The van der Waals surface area contributed by atoms with Crippen LogP contribution in [-0.4, -0.2) is 18.5 Å². The molecule has 2 N–H and O–H groups in total. The van der Waals surface area contributed by atoms with Gasteiger partial charge < -0.3 is 5.11 Å². The van der Waals surface area contributed by atoms with Gasteiger partial charge >= 0.3 is 0 Å². The first-order valence-corrected chi connectivity index (χ1v) is 6.29. The maximum atomic E-state index is 11.9. The van der Waals surface area contributed by atoms with Gasteiger partial charge in [0.15, 0.2) is 0 Å². The molecule has 0 bridgehead atoms. The van der Waals surface area contributed by atoms with Gasteiger partial charge in [0, 0.05) is 6.20 Å². The molecule has 2 rings (SSSR count). The molecule has 0 saturated carbocycles. The van der Waals surface area contributed by atoms with Gasteiger partial charge in [-0.1, -0.05) is 12.1 Å². The minimum atomic E-state index is -3.78. The third-order valence-corrected chi connectivity index (χ3v) is 3.50. The topological polar surface area (TPSA) is 79.3 Å². The molecule has 0 spiro atoms. The lowest BCUT2D eigenvalue weighted by atomic mass is 10.3. The number of aromatic nitrogens is 1. The van der Waals surface area contributed by atoms with Gasteiger partial charge in [-0.25, -0.2) is 8.42 Å². The molecule has 0 aliphatic rings. The highest BCUT2D eigenvalue weighted by Crippen LogP contribution is 2.23. The summed E-state index contributed by atoms with van der Waals surface area (Å²) in [5.74, 6) is -0.288. The van der Waals surface area contributed by atoms with Gasteiger partial charge in [0.05, 0.1) is 11.9 Å². The number of hydrogen-bond acceptors (Lipinski definition) is 4. The van der Waals surface area contributed by atoms with Crippen LogP contribution in [0.25, 0.3) is 0 Å². The first-order chi connectivity index (χ1) is 8.09. The summed E-state index contributed by atoms with van der Waals surface area (Å²) in [4.78, 5) is 3.63. The number of benzene rings is 1. The van der Waals surface area contributed by atoms with Crippen LogP contribution >= 0.6 is 0 Å². The first-order valence-electron chi connectivity index (χ1n) is 4.80. The van der Waals surface area contributed by atoms with Crippen molar-refractivity contribution < 1.29 is 13.5 Å². The number of rotatable bonds is 3. The van der Waals surface area contributed by atoms with E-state index in [-0.39, 0.29) is 10.6 Å². The SMILES string of the molecule is O=S(=O)(Nc1cccnc1)c1ccccc1O. The zero-order valence-corrected chi connectivity index (χ0v) is 9.55. The lowest BCUT2D eigenvalue weighted by molar-refractivity contribution is 0.459. The molecule has 0 aliphatic carbocycles. The Hall–Kier alpha value is -2.08. The number of pyridine rings is 1. The molecule has 0 fully saturated rings. The summed E-state index contributed by atoms with van der Waals surface area (Å²) in [6.07, 6.45) is 2.93. The molecule has 6 heteroatoms. The number of phenols is 1. The van der Waals surface area contributed by atoms with Crippen molar-refractivity contribution in [3.8, 4) is 5.75 Å². The molecule has 0 saturated heterocycles. The smallest absolute Gasteiger partial charge is 0.265 e. The van der Waals surface area contributed by atoms with E-state index in [0.29, 0.717) is 5.69 Å². The van der Waals surface area contributed by atoms with Crippen molar-refractivity contribution in [1.29, 1.82) is 0 Å². The highest BCUT2D eigenvalue weighted by atomic mass is 32.2. The van der Waals surface area contributed by atoms with Crippen LogP contribution in [0.3, 0.4) is 0 Å². The summed E-state index contributed by atoms with van der Waals surface area (Å²) >= 11 is 0. The van der Waals surface area contributed by atoms with Crippen LogP contribution in [0.1, 0.15) is 0 Å². The van der Waals surface area contributed by atoms with E-state index < -0.39 is 10.0 Å². The van der Waals surface area contributed by atoms with E-state index in [1.165, 1.54) is 30.6 Å². The highest BCUT2D eigenvalue weighted by molar-refractivity contribution is 7.92. The number of sulfonamides is 1. The highest BCUT2D eigenvalue weighted by Gasteiger charge is 2.17. The summed E-state index contributed by atoms with van der Waals surface area (Å²) in [6, 6.07) is 8.93. The number of para-hydroxylation sites is 1. The van der Waals surface area contributed by atoms with Crippen molar-refractivity contribution >= 4 is 15.7 Å². The third-order valence-electron chi connectivity index (χ3n) is 2.07. The van der Waals surface area contributed by atoms with E-state index in [0.717, 1.165) is 0 Å². The van der Waals surface area contributed by atoms with Crippen LogP contribution in [0.2, 0.25) is 0 Å². The van der Waals surface area contributed by atoms with E-state index in [2.05, 4.69) is 9.71 Å². The van der Waals surface area contributed by atoms with Crippen LogP contribution in [0, 0.1) is 0 Å². The Morgan fingerprint density at radius 3 is 2.53 bits per heavy atom. The molecule has 0 radical (unpaired) electrons. The number of hydrogen-bond donors (Lipinski definition) is 2. The van der Waals surface area contributed by atoms with Gasteiger partial charge in [0.2, 0.25) is 0 Å². The predicted molar refractivity (Wildman–Crippen MR) is 63.2 cm³/mol. The Kier molecular flexibility index (Phi) is 2.97. The summed E-state index contributed by atoms with van der Waals surface area (Å²) in [5.41, 5.74) is 0.343. The molecule has 0 amide bonds. The Labute approximate surface area is 98.8 Å². The molecule has 1 aromatic heterocycles. The quantitative estimate of drug-likeness (QED) is 0.867. The van der Waals surface area contributed by atoms with Gasteiger partial charge in [0.1, 0.15) is 10.6 Å². The van der Waals surface area contributed by atoms with E-state index in [1.807, 2.05) is 0 Å². The van der Waals surface area contributed by atoms with Crippen molar-refractivity contribution in [2.75, 3.05) is 4.72 Å². The van der Waals surface area contributed by atoms with Crippen molar-refractivity contribution in [2.24, 2.45) is 0 Å². The number of anilines is 1. The van der Waals surface area contributed by atoms with Crippen LogP contribution in [0.4, 0.5) is 5.69 Å². The molecule has 0 atom stereocenters. The largest absolute Gasteiger partial charge is 0.507 e. The molecule has 2 aromatic rings. The minimum Gasteiger partial charge on any atom is -0.507 e. The maximum Gasteiger partial charge on any atom is 0.265 e. The van der Waals surface area contributed by atoms with Crippen LogP contribution in [0.5, 0.6) is 5.75 Å². The normalized spacial score (nSPS) is 11.1. The summed E-state index contributed by atoms with van der Waals surface area (Å²) < 4.78 is 26.2. The summed E-state index contributed by atoms with van der Waals surface area (Å²) in [7, 11) is -3.78. The van der Waals surface area contributed by atoms with Gasteiger partial charge in [-0.2, -0.15) is 0 Å². The fourth-order valence-corrected chi connectivity index (χ4v) is 2.46. The summed E-state index contributed by atoms with van der Waals surface area (Å²) in [5, 5.41) is 9.49. The van der Waals surface area contributed by atoms with Gasteiger partial charge in [-0.15, -0.1) is 0 Å². The average Bonchev–Trinajstić information content (AvgIpc) is 2.30. The monoisotopic (exact) mass is 250 g/mol. The summed E-state index contributed by atoms with van der Waals surface area (Å²) in [6.45, 7) is 0.